The van der Waals surface area contributed by atoms with Crippen LogP contribution in [-0.4, -0.2) is 35.2 Å². The maximum Gasteiger partial charge on any atom is 0.221 e. The van der Waals surface area contributed by atoms with Gasteiger partial charge >= 0.3 is 0 Å². The molecule has 0 bridgehead atoms. The second kappa shape index (κ2) is 5.25. The quantitative estimate of drug-likeness (QED) is 0.900. The normalized spacial score (nSPS) is 16.9. The van der Waals surface area contributed by atoms with Crippen molar-refractivity contribution >= 4 is 16.9 Å². The molecule has 1 aromatic carbocycles. The Labute approximate surface area is 117 Å². The van der Waals surface area contributed by atoms with Crippen LogP contribution in [0.1, 0.15) is 13.3 Å². The Morgan fingerprint density at radius 3 is 3.00 bits per heavy atom. The van der Waals surface area contributed by atoms with Crippen LogP contribution in [0, 0.1) is 5.41 Å². The van der Waals surface area contributed by atoms with Crippen LogP contribution in [0.4, 0.5) is 0 Å². The molecule has 5 nitrogen and oxygen atoms in total. The third-order valence-corrected chi connectivity index (χ3v) is 3.72. The van der Waals surface area contributed by atoms with Crippen molar-refractivity contribution in [2.75, 3.05) is 19.8 Å². The molecule has 20 heavy (non-hydrogen) atoms. The minimum Gasteiger partial charge on any atom is -0.380 e. The van der Waals surface area contributed by atoms with Crippen molar-refractivity contribution in [2.45, 2.75) is 19.9 Å². The summed E-state index contributed by atoms with van der Waals surface area (Å²) in [6.07, 6.45) is 2.26. The van der Waals surface area contributed by atoms with Gasteiger partial charge < -0.3 is 14.6 Å². The number of ether oxygens (including phenoxy) is 1. The predicted octanol–water partition coefficient (Wildman–Crippen LogP) is 1.58. The van der Waals surface area contributed by atoms with Crippen LogP contribution in [0.15, 0.2) is 30.6 Å². The lowest BCUT2D eigenvalue weighted by Gasteiger charge is -2.38. The van der Waals surface area contributed by atoms with Crippen molar-refractivity contribution in [3.8, 4) is 0 Å². The van der Waals surface area contributed by atoms with E-state index in [2.05, 4.69) is 17.2 Å². The van der Waals surface area contributed by atoms with E-state index in [9.17, 15) is 4.79 Å². The zero-order valence-electron chi connectivity index (χ0n) is 11.6. The molecule has 106 valence electrons. The summed E-state index contributed by atoms with van der Waals surface area (Å²) < 4.78 is 7.19. The number of rotatable bonds is 5. The second-order valence-corrected chi connectivity index (χ2v) is 5.76. The number of imidazole rings is 1. The molecule has 1 amide bonds. The van der Waals surface area contributed by atoms with Crippen LogP contribution < -0.4 is 5.32 Å². The number of aryl methyl sites for hydroxylation is 1. The standard InChI is InChI=1S/C15H19N3O2/c1-15(9-20-10-15)8-16-14(19)6-7-18-11-17-12-4-2-3-5-13(12)18/h2-5,11H,6-10H2,1H3,(H,16,19). The summed E-state index contributed by atoms with van der Waals surface area (Å²) in [6, 6.07) is 7.95. The average Bonchev–Trinajstić information content (AvgIpc) is 2.84. The molecule has 0 atom stereocenters. The fourth-order valence-corrected chi connectivity index (χ4v) is 2.36. The summed E-state index contributed by atoms with van der Waals surface area (Å²) in [7, 11) is 0. The van der Waals surface area contributed by atoms with Crippen molar-refractivity contribution in [3.05, 3.63) is 30.6 Å². The minimum atomic E-state index is 0.0795. The van der Waals surface area contributed by atoms with Crippen LogP contribution in [-0.2, 0) is 16.1 Å². The fraction of sp³-hybridized carbons (Fsp3) is 0.467. The van der Waals surface area contributed by atoms with Gasteiger partial charge in [-0.25, -0.2) is 4.98 Å². The van der Waals surface area contributed by atoms with E-state index in [1.807, 2.05) is 28.8 Å². The number of nitrogens with one attached hydrogen (secondary N) is 1. The lowest BCUT2D eigenvalue weighted by atomic mass is 9.89. The van der Waals surface area contributed by atoms with Gasteiger partial charge in [0, 0.05) is 24.9 Å². The lowest BCUT2D eigenvalue weighted by Crippen LogP contribution is -2.48. The smallest absolute Gasteiger partial charge is 0.221 e. The number of carbonyl (C=O) groups excluding carboxylic acids is 1. The van der Waals surface area contributed by atoms with Crippen molar-refractivity contribution in [1.29, 1.82) is 0 Å². The molecule has 0 aliphatic carbocycles. The van der Waals surface area contributed by atoms with Gasteiger partial charge in [0.05, 0.1) is 30.6 Å². The minimum absolute atomic E-state index is 0.0795. The van der Waals surface area contributed by atoms with Gasteiger partial charge in [0.25, 0.3) is 0 Å². The molecule has 1 aliphatic heterocycles. The SMILES string of the molecule is CC1(CNC(=O)CCn2cnc3ccccc32)COC1. The van der Waals surface area contributed by atoms with Crippen LogP contribution in [0.2, 0.25) is 0 Å². The van der Waals surface area contributed by atoms with Crippen molar-refractivity contribution < 1.29 is 9.53 Å². The number of fused-ring (bicyclic) bond motifs is 1. The van der Waals surface area contributed by atoms with Crippen molar-refractivity contribution in [2.24, 2.45) is 5.41 Å². The number of aromatic nitrogens is 2. The van der Waals surface area contributed by atoms with Gasteiger partial charge in [-0.1, -0.05) is 19.1 Å². The first-order valence-electron chi connectivity index (χ1n) is 6.91. The molecule has 0 saturated carbocycles. The Kier molecular flexibility index (Phi) is 3.44. The van der Waals surface area contributed by atoms with Crippen LogP contribution in [0.5, 0.6) is 0 Å². The first-order valence-corrected chi connectivity index (χ1v) is 6.91. The van der Waals surface area contributed by atoms with Crippen LogP contribution in [0.3, 0.4) is 0 Å². The van der Waals surface area contributed by atoms with E-state index in [0.29, 0.717) is 19.5 Å². The fourth-order valence-electron chi connectivity index (χ4n) is 2.36. The number of benzene rings is 1. The second-order valence-electron chi connectivity index (χ2n) is 5.76. The van der Waals surface area contributed by atoms with Gasteiger partial charge in [0.1, 0.15) is 0 Å². The van der Waals surface area contributed by atoms with Gasteiger partial charge in [0.2, 0.25) is 5.91 Å². The van der Waals surface area contributed by atoms with E-state index < -0.39 is 0 Å². The molecule has 1 saturated heterocycles. The van der Waals surface area contributed by atoms with E-state index in [1.165, 1.54) is 0 Å². The Morgan fingerprint density at radius 2 is 2.25 bits per heavy atom. The van der Waals surface area contributed by atoms with E-state index >= 15 is 0 Å². The topological polar surface area (TPSA) is 56.2 Å². The molecule has 2 aromatic rings. The number of nitrogens with zero attached hydrogens (tertiary/aromatic N) is 2. The van der Waals surface area contributed by atoms with Crippen LogP contribution >= 0.6 is 0 Å². The highest BCUT2D eigenvalue weighted by atomic mass is 16.5. The van der Waals surface area contributed by atoms with Gasteiger partial charge in [-0.05, 0) is 12.1 Å². The summed E-state index contributed by atoms with van der Waals surface area (Å²) in [5.41, 5.74) is 2.16. The maximum absolute atomic E-state index is 11.9. The Bertz CT molecular complexity index is 616. The van der Waals surface area contributed by atoms with E-state index in [-0.39, 0.29) is 11.3 Å². The zero-order chi connectivity index (χ0) is 14.0. The summed E-state index contributed by atoms with van der Waals surface area (Å²) >= 11 is 0. The van der Waals surface area contributed by atoms with Crippen molar-refractivity contribution in [1.82, 2.24) is 14.9 Å². The monoisotopic (exact) mass is 273 g/mol. The Morgan fingerprint density at radius 1 is 1.45 bits per heavy atom. The molecular weight excluding hydrogens is 254 g/mol. The predicted molar refractivity (Wildman–Crippen MR) is 76.3 cm³/mol. The molecule has 0 spiro atoms. The molecular formula is C15H19N3O2. The maximum atomic E-state index is 11.9. The number of carbonyl (C=O) groups is 1. The molecule has 3 rings (SSSR count). The molecule has 1 N–H and O–H groups in total. The van der Waals surface area contributed by atoms with E-state index in [0.717, 1.165) is 24.2 Å². The average molecular weight is 273 g/mol. The largest absolute Gasteiger partial charge is 0.380 e. The molecule has 0 unspecified atom stereocenters. The van der Waals surface area contributed by atoms with Gasteiger partial charge in [-0.2, -0.15) is 0 Å². The summed E-state index contributed by atoms with van der Waals surface area (Å²) in [4.78, 5) is 16.2. The molecule has 1 aliphatic rings. The highest BCUT2D eigenvalue weighted by molar-refractivity contribution is 5.77. The summed E-state index contributed by atoms with van der Waals surface area (Å²) in [5.74, 6) is 0.0795. The third-order valence-electron chi connectivity index (χ3n) is 3.72. The first-order chi connectivity index (χ1) is 9.66. The number of hydrogen-bond acceptors (Lipinski definition) is 3. The number of para-hydroxylation sites is 2. The molecule has 1 fully saturated rings. The zero-order valence-corrected chi connectivity index (χ0v) is 11.6. The summed E-state index contributed by atoms with van der Waals surface area (Å²) in [5, 5.41) is 2.98. The van der Waals surface area contributed by atoms with Crippen LogP contribution in [0.25, 0.3) is 11.0 Å². The lowest BCUT2D eigenvalue weighted by molar-refractivity contribution is -0.126. The van der Waals surface area contributed by atoms with Gasteiger partial charge in [-0.15, -0.1) is 0 Å². The Hall–Kier alpha value is -1.88. The van der Waals surface area contributed by atoms with Gasteiger partial charge in [-0.3, -0.25) is 4.79 Å². The molecule has 2 heterocycles. The third kappa shape index (κ3) is 2.67. The first kappa shape index (κ1) is 13.1. The van der Waals surface area contributed by atoms with Gasteiger partial charge in [0.15, 0.2) is 0 Å². The molecule has 1 aromatic heterocycles. The van der Waals surface area contributed by atoms with Crippen molar-refractivity contribution in [3.63, 3.8) is 0 Å². The Balaban J connectivity index is 1.52. The highest BCUT2D eigenvalue weighted by Crippen LogP contribution is 2.25. The summed E-state index contributed by atoms with van der Waals surface area (Å²) in [6.45, 7) is 4.94. The highest BCUT2D eigenvalue weighted by Gasteiger charge is 2.33. The molecule has 0 radical (unpaired) electrons. The number of amides is 1. The van der Waals surface area contributed by atoms with E-state index in [1.54, 1.807) is 6.33 Å². The van der Waals surface area contributed by atoms with E-state index in [4.69, 9.17) is 4.74 Å². The number of hydrogen-bond donors (Lipinski definition) is 1. The molecule has 5 heteroatoms.